The quantitative estimate of drug-likeness (QED) is 0.533. The number of aryl methyl sites for hydroxylation is 2. The number of benzene rings is 1. The van der Waals surface area contributed by atoms with Gasteiger partial charge in [0.05, 0.1) is 5.71 Å². The molecule has 0 saturated heterocycles. The van der Waals surface area contributed by atoms with Gasteiger partial charge in [0.15, 0.2) is 5.76 Å². The van der Waals surface area contributed by atoms with Crippen LogP contribution in [0.4, 0.5) is 0 Å². The highest BCUT2D eigenvalue weighted by atomic mass is 16.4. The maximum atomic E-state index is 12.7. The number of hydrogen-bond donors (Lipinski definition) is 3. The number of nitrogens with zero attached hydrogens (tertiary/aromatic N) is 2. The van der Waals surface area contributed by atoms with Crippen molar-refractivity contribution < 1.29 is 18.8 Å². The van der Waals surface area contributed by atoms with Crippen molar-refractivity contribution in [2.75, 3.05) is 0 Å². The van der Waals surface area contributed by atoms with Crippen LogP contribution in [-0.4, -0.2) is 28.4 Å². The van der Waals surface area contributed by atoms with Crippen LogP contribution >= 0.6 is 0 Å². The average molecular weight is 445 g/mol. The number of pyridine rings is 1. The summed E-state index contributed by atoms with van der Waals surface area (Å²) >= 11 is 0. The molecule has 0 spiro atoms. The van der Waals surface area contributed by atoms with E-state index < -0.39 is 11.8 Å². The van der Waals surface area contributed by atoms with E-state index in [1.807, 2.05) is 19.1 Å². The highest BCUT2D eigenvalue weighted by Crippen LogP contribution is 2.29. The minimum absolute atomic E-state index is 0.0965. The lowest BCUT2D eigenvalue weighted by atomic mass is 9.93. The van der Waals surface area contributed by atoms with Gasteiger partial charge < -0.3 is 4.42 Å². The van der Waals surface area contributed by atoms with Gasteiger partial charge in [0, 0.05) is 41.1 Å². The van der Waals surface area contributed by atoms with Crippen LogP contribution in [0.3, 0.4) is 0 Å². The number of nitrogens with one attached hydrogen (secondary N) is 3. The molecule has 168 valence electrons. The van der Waals surface area contributed by atoms with Gasteiger partial charge in [-0.2, -0.15) is 5.10 Å². The first-order chi connectivity index (χ1) is 15.9. The molecule has 33 heavy (non-hydrogen) atoms. The first-order valence-corrected chi connectivity index (χ1v) is 10.5. The van der Waals surface area contributed by atoms with Gasteiger partial charge in [-0.3, -0.25) is 30.2 Å². The van der Waals surface area contributed by atoms with Crippen LogP contribution in [0.5, 0.6) is 0 Å². The number of fused-ring (bicyclic) bond motifs is 1. The van der Waals surface area contributed by atoms with Crippen molar-refractivity contribution in [1.29, 1.82) is 0 Å². The van der Waals surface area contributed by atoms with E-state index in [9.17, 15) is 14.4 Å². The van der Waals surface area contributed by atoms with Gasteiger partial charge in [-0.05, 0) is 51.0 Å². The molecule has 0 bridgehead atoms. The molecular formula is C24H23N5O4. The van der Waals surface area contributed by atoms with Crippen LogP contribution in [0, 0.1) is 13.8 Å². The van der Waals surface area contributed by atoms with Crippen molar-refractivity contribution in [2.45, 2.75) is 33.1 Å². The van der Waals surface area contributed by atoms with E-state index in [2.05, 4.69) is 26.4 Å². The summed E-state index contributed by atoms with van der Waals surface area (Å²) in [6, 6.07) is 10.2. The van der Waals surface area contributed by atoms with Crippen LogP contribution in [0.2, 0.25) is 0 Å². The molecular weight excluding hydrogens is 422 g/mol. The van der Waals surface area contributed by atoms with E-state index >= 15 is 0 Å². The molecule has 2 heterocycles. The van der Waals surface area contributed by atoms with Crippen molar-refractivity contribution in [3.63, 3.8) is 0 Å². The summed E-state index contributed by atoms with van der Waals surface area (Å²) in [4.78, 5) is 41.2. The molecule has 0 saturated carbocycles. The lowest BCUT2D eigenvalue weighted by Gasteiger charge is -2.13. The van der Waals surface area contributed by atoms with Crippen LogP contribution in [0.25, 0.3) is 0 Å². The second kappa shape index (κ2) is 9.47. The second-order valence-electron chi connectivity index (χ2n) is 7.72. The van der Waals surface area contributed by atoms with Crippen molar-refractivity contribution in [1.82, 2.24) is 21.3 Å². The summed E-state index contributed by atoms with van der Waals surface area (Å²) in [5.74, 6) is -0.624. The zero-order valence-electron chi connectivity index (χ0n) is 18.3. The number of hydrazine groups is 1. The fraction of sp³-hybridized carbons (Fsp3) is 0.208. The molecule has 1 aliphatic carbocycles. The molecule has 3 amide bonds. The molecule has 0 unspecified atom stereocenters. The normalized spacial score (nSPS) is 13.8. The Balaban J connectivity index is 1.47. The van der Waals surface area contributed by atoms with Gasteiger partial charge in [0.25, 0.3) is 11.8 Å². The van der Waals surface area contributed by atoms with E-state index in [0.29, 0.717) is 46.6 Å². The summed E-state index contributed by atoms with van der Waals surface area (Å²) < 4.78 is 5.81. The number of aromatic nitrogens is 1. The molecule has 9 heteroatoms. The van der Waals surface area contributed by atoms with Gasteiger partial charge >= 0.3 is 5.91 Å². The van der Waals surface area contributed by atoms with E-state index in [4.69, 9.17) is 4.42 Å². The van der Waals surface area contributed by atoms with Crippen LogP contribution in [-0.2, 0) is 6.42 Å². The Hall–Kier alpha value is -4.27. The molecule has 1 aromatic carbocycles. The predicted molar refractivity (Wildman–Crippen MR) is 121 cm³/mol. The Labute approximate surface area is 190 Å². The van der Waals surface area contributed by atoms with Gasteiger partial charge in [-0.1, -0.05) is 17.7 Å². The third kappa shape index (κ3) is 4.82. The van der Waals surface area contributed by atoms with E-state index in [0.717, 1.165) is 12.0 Å². The Morgan fingerprint density at radius 2 is 1.55 bits per heavy atom. The Morgan fingerprint density at radius 1 is 0.879 bits per heavy atom. The minimum Gasteiger partial charge on any atom is -0.455 e. The summed E-state index contributed by atoms with van der Waals surface area (Å²) in [6.07, 6.45) is 5.12. The first-order valence-electron chi connectivity index (χ1n) is 10.5. The van der Waals surface area contributed by atoms with Crippen molar-refractivity contribution in [3.05, 3.63) is 88.1 Å². The number of carbonyl (C=O) groups excluding carboxylic acids is 3. The Kier molecular flexibility index (Phi) is 6.30. The van der Waals surface area contributed by atoms with Gasteiger partial charge in [-0.25, -0.2) is 5.43 Å². The van der Waals surface area contributed by atoms with E-state index in [1.54, 1.807) is 31.2 Å². The lowest BCUT2D eigenvalue weighted by molar-refractivity contribution is 0.0829. The number of furan rings is 1. The molecule has 0 fully saturated rings. The highest BCUT2D eigenvalue weighted by molar-refractivity contribution is 6.07. The monoisotopic (exact) mass is 445 g/mol. The van der Waals surface area contributed by atoms with Crippen LogP contribution < -0.4 is 16.3 Å². The summed E-state index contributed by atoms with van der Waals surface area (Å²) in [6.45, 7) is 3.68. The second-order valence-corrected chi connectivity index (χ2v) is 7.72. The van der Waals surface area contributed by atoms with E-state index in [-0.39, 0.29) is 11.7 Å². The molecule has 1 aliphatic rings. The first kappa shape index (κ1) is 21.9. The van der Waals surface area contributed by atoms with Gasteiger partial charge in [-0.15, -0.1) is 0 Å². The van der Waals surface area contributed by atoms with Crippen molar-refractivity contribution in [2.24, 2.45) is 5.10 Å². The minimum atomic E-state index is -0.567. The van der Waals surface area contributed by atoms with Crippen LogP contribution in [0.15, 0.2) is 58.3 Å². The smallest absolute Gasteiger partial charge is 0.305 e. The van der Waals surface area contributed by atoms with Gasteiger partial charge in [0.1, 0.15) is 5.76 Å². The summed E-state index contributed by atoms with van der Waals surface area (Å²) in [5.41, 5.74) is 11.2. The zero-order chi connectivity index (χ0) is 23.4. The summed E-state index contributed by atoms with van der Waals surface area (Å²) in [7, 11) is 0. The number of rotatable bonds is 4. The lowest BCUT2D eigenvalue weighted by Crippen LogP contribution is -2.41. The van der Waals surface area contributed by atoms with Gasteiger partial charge in [0.2, 0.25) is 0 Å². The fourth-order valence-corrected chi connectivity index (χ4v) is 3.63. The molecule has 4 rings (SSSR count). The molecule has 9 nitrogen and oxygen atoms in total. The number of carbonyl (C=O) groups is 3. The largest absolute Gasteiger partial charge is 0.455 e. The highest BCUT2D eigenvalue weighted by Gasteiger charge is 2.28. The van der Waals surface area contributed by atoms with Crippen molar-refractivity contribution in [3.8, 4) is 0 Å². The molecule has 0 atom stereocenters. The third-order valence-electron chi connectivity index (χ3n) is 5.37. The topological polar surface area (TPSA) is 126 Å². The Bertz CT molecular complexity index is 1230. The predicted octanol–water partition coefficient (Wildman–Crippen LogP) is 2.84. The fourth-order valence-electron chi connectivity index (χ4n) is 3.63. The van der Waals surface area contributed by atoms with E-state index in [1.165, 1.54) is 12.4 Å². The number of hydrogen-bond acceptors (Lipinski definition) is 6. The summed E-state index contributed by atoms with van der Waals surface area (Å²) in [5, 5.41) is 4.29. The average Bonchev–Trinajstić information content (AvgIpc) is 3.19. The maximum Gasteiger partial charge on any atom is 0.305 e. The molecule has 3 N–H and O–H groups in total. The zero-order valence-corrected chi connectivity index (χ0v) is 18.3. The van der Waals surface area contributed by atoms with Crippen LogP contribution in [0.1, 0.15) is 66.6 Å². The van der Waals surface area contributed by atoms with Crippen molar-refractivity contribution >= 4 is 23.4 Å². The molecule has 0 radical (unpaired) electrons. The third-order valence-corrected chi connectivity index (χ3v) is 5.37. The standard InChI is InChI=1S/C24H23N5O4/c1-14-6-8-16(9-7-14)22(30)28-29-24(32)21-15(2)20-18(4-3-5-19(20)33-21)26-27-23(31)17-10-12-25-13-11-17/h6-13H,3-5H2,1-2H3,(H,27,31)(H,28,30)(H,29,32)/b26-18+. The maximum absolute atomic E-state index is 12.7. The Morgan fingerprint density at radius 3 is 2.27 bits per heavy atom. The molecule has 3 aromatic rings. The SMILES string of the molecule is Cc1ccc(C(=O)NNC(=O)c2oc3c(c2C)/C(=N/NC(=O)c2ccncc2)CCC3)cc1. The molecule has 0 aliphatic heterocycles. The molecule has 2 aromatic heterocycles. The number of amides is 3. The number of hydrazone groups is 1.